The Hall–Kier alpha value is 1.74. The molecule has 0 saturated heterocycles. The van der Waals surface area contributed by atoms with E-state index in [2.05, 4.69) is 0 Å². The first kappa shape index (κ1) is 22.9. The average molecular weight is 297 g/mol. The molecule has 0 rings (SSSR count). The molecular weight excluding hydrogens is 284 g/mol. The van der Waals surface area contributed by atoms with Crippen molar-refractivity contribution in [1.82, 2.24) is 5.06 Å². The van der Waals surface area contributed by atoms with Crippen LogP contribution in [0.3, 0.4) is 0 Å². The van der Waals surface area contributed by atoms with E-state index in [0.717, 1.165) is 0 Å². The number of hydrogen-bond acceptors (Lipinski definition) is 6. The van der Waals surface area contributed by atoms with Crippen molar-refractivity contribution in [1.29, 1.82) is 0 Å². The van der Waals surface area contributed by atoms with E-state index in [0.29, 0.717) is 5.06 Å². The molecule has 8 nitrogen and oxygen atoms in total. The van der Waals surface area contributed by atoms with Gasteiger partial charge in [-0.3, -0.25) is 9.11 Å². The molecule has 0 heterocycles. The van der Waals surface area contributed by atoms with Gasteiger partial charge in [0.05, 0.1) is 11.5 Å². The predicted octanol–water partition coefficient (Wildman–Crippen LogP) is -2.84. The van der Waals surface area contributed by atoms with Gasteiger partial charge in [0.25, 0.3) is 20.2 Å². The second kappa shape index (κ2) is 9.64. The Labute approximate surface area is 138 Å². The van der Waals surface area contributed by atoms with E-state index in [1.54, 1.807) is 0 Å². The van der Waals surface area contributed by atoms with Gasteiger partial charge in [0.15, 0.2) is 0 Å². The molecule has 0 aromatic heterocycles. The van der Waals surface area contributed by atoms with E-state index in [1.807, 2.05) is 0 Å². The number of nitrogens with zero attached hydrogens (tertiary/aromatic N) is 1. The van der Waals surface area contributed by atoms with Gasteiger partial charge < -0.3 is 5.21 Å². The zero-order chi connectivity index (χ0) is 11.4. The summed E-state index contributed by atoms with van der Waals surface area (Å²) in [6.07, 6.45) is 0. The second-order valence-corrected chi connectivity index (χ2v) is 5.67. The van der Waals surface area contributed by atoms with Gasteiger partial charge in [-0.05, 0) is 0 Å². The third-order valence-corrected chi connectivity index (χ3v) is 2.61. The van der Waals surface area contributed by atoms with Crippen molar-refractivity contribution in [2.75, 3.05) is 24.6 Å². The summed E-state index contributed by atoms with van der Waals surface area (Å²) in [5.41, 5.74) is 0. The molecule has 0 fully saturated rings. The molecule has 0 aliphatic heterocycles. The summed E-state index contributed by atoms with van der Waals surface area (Å²) >= 11 is 0. The van der Waals surface area contributed by atoms with Crippen molar-refractivity contribution in [3.05, 3.63) is 0 Å². The summed E-state index contributed by atoms with van der Waals surface area (Å²) in [4.78, 5) is 0. The molecule has 0 atom stereocenters. The zero-order valence-corrected chi connectivity index (χ0v) is 8.70. The summed E-state index contributed by atoms with van der Waals surface area (Å²) in [7, 11) is -8.37. The summed E-state index contributed by atoms with van der Waals surface area (Å²) < 4.78 is 57.3. The molecule has 0 bridgehead atoms. The Morgan fingerprint density at radius 2 is 1.06 bits per heavy atom. The summed E-state index contributed by atoms with van der Waals surface area (Å²) in [5.74, 6) is -1.43. The molecule has 0 spiro atoms. The van der Waals surface area contributed by atoms with Crippen LogP contribution in [-0.2, 0) is 20.2 Å². The van der Waals surface area contributed by atoms with Crippen molar-refractivity contribution in [2.45, 2.75) is 0 Å². The van der Waals surface area contributed by atoms with E-state index < -0.39 is 44.8 Å². The van der Waals surface area contributed by atoms with Gasteiger partial charge in [0.1, 0.15) is 0 Å². The number of hydrogen-bond donors (Lipinski definition) is 3. The van der Waals surface area contributed by atoms with Crippen LogP contribution in [0.1, 0.15) is 0 Å². The first-order chi connectivity index (χ1) is 6.10. The molecule has 0 aromatic rings. The molecular formula is C4H13NNa2O7S2. The van der Waals surface area contributed by atoms with Crippen LogP contribution in [0.15, 0.2) is 0 Å². The summed E-state index contributed by atoms with van der Waals surface area (Å²) in [6.45, 7) is -0.872. The van der Waals surface area contributed by atoms with Crippen LogP contribution in [0.2, 0.25) is 0 Å². The van der Waals surface area contributed by atoms with E-state index in [-0.39, 0.29) is 59.1 Å². The van der Waals surface area contributed by atoms with Gasteiger partial charge >= 0.3 is 59.1 Å². The first-order valence-electron chi connectivity index (χ1n) is 3.44. The second-order valence-electron chi connectivity index (χ2n) is 2.53. The van der Waals surface area contributed by atoms with Crippen LogP contribution < -0.4 is 0 Å². The standard InChI is InChI=1S/C4H11NO7S2.2Na.2H/c6-5(1-3-13(7,8)9)2-4-14(10,11)12;;;;/h6H,1-4H2,(H,7,8,9)(H,10,11,12);;;;. The quantitative estimate of drug-likeness (QED) is 0.271. The van der Waals surface area contributed by atoms with Crippen molar-refractivity contribution < 1.29 is 31.1 Å². The molecule has 0 saturated carbocycles. The fourth-order valence-corrected chi connectivity index (χ4v) is 1.44. The SMILES string of the molecule is O=S(=O)(O)CCN(O)CCS(=O)(=O)O.[NaH].[NaH]. The van der Waals surface area contributed by atoms with Crippen LogP contribution >= 0.6 is 0 Å². The van der Waals surface area contributed by atoms with Crippen LogP contribution in [0.4, 0.5) is 0 Å². The maximum atomic E-state index is 10.2. The Balaban J connectivity index is -0.000000845. The van der Waals surface area contributed by atoms with Crippen molar-refractivity contribution >= 4 is 79.4 Å². The minimum atomic E-state index is -4.19. The molecule has 16 heavy (non-hydrogen) atoms. The van der Waals surface area contributed by atoms with Crippen molar-refractivity contribution in [2.24, 2.45) is 0 Å². The van der Waals surface area contributed by atoms with E-state index in [4.69, 9.17) is 14.3 Å². The fourth-order valence-electron chi connectivity index (χ4n) is 0.553. The van der Waals surface area contributed by atoms with Gasteiger partial charge in [-0.1, -0.05) is 0 Å². The molecule has 0 unspecified atom stereocenters. The molecule has 0 aromatic carbocycles. The van der Waals surface area contributed by atoms with Gasteiger partial charge in [-0.2, -0.15) is 21.9 Å². The molecule has 0 aliphatic carbocycles. The van der Waals surface area contributed by atoms with Crippen molar-refractivity contribution in [3.63, 3.8) is 0 Å². The van der Waals surface area contributed by atoms with Crippen LogP contribution in [0.25, 0.3) is 0 Å². The Morgan fingerprint density at radius 3 is 1.25 bits per heavy atom. The Kier molecular flexibility index (Phi) is 13.8. The maximum absolute atomic E-state index is 10.2. The molecule has 0 radical (unpaired) electrons. The molecule has 12 heteroatoms. The molecule has 3 N–H and O–H groups in total. The van der Waals surface area contributed by atoms with Gasteiger partial charge in [0, 0.05) is 13.1 Å². The van der Waals surface area contributed by atoms with E-state index in [1.165, 1.54) is 0 Å². The Bertz CT molecular complexity index is 330. The first-order valence-corrected chi connectivity index (χ1v) is 6.66. The van der Waals surface area contributed by atoms with Crippen LogP contribution in [0.5, 0.6) is 0 Å². The topological polar surface area (TPSA) is 132 Å². The predicted molar refractivity (Wildman–Crippen MR) is 60.5 cm³/mol. The van der Waals surface area contributed by atoms with Gasteiger partial charge in [-0.25, -0.2) is 0 Å². The van der Waals surface area contributed by atoms with E-state index in [9.17, 15) is 16.8 Å². The van der Waals surface area contributed by atoms with Gasteiger partial charge in [0.2, 0.25) is 0 Å². The third kappa shape index (κ3) is 18.1. The Morgan fingerprint density at radius 1 is 0.812 bits per heavy atom. The molecule has 0 amide bonds. The van der Waals surface area contributed by atoms with E-state index >= 15 is 0 Å². The van der Waals surface area contributed by atoms with Crippen LogP contribution in [0, 0.1) is 0 Å². The van der Waals surface area contributed by atoms with Gasteiger partial charge in [-0.15, -0.1) is 0 Å². The monoisotopic (exact) mass is 297 g/mol. The minimum absolute atomic E-state index is 0. The summed E-state index contributed by atoms with van der Waals surface area (Å²) in [6, 6.07) is 0. The number of rotatable bonds is 6. The molecule has 90 valence electrons. The van der Waals surface area contributed by atoms with Crippen molar-refractivity contribution in [3.8, 4) is 0 Å². The molecule has 0 aliphatic rings. The van der Waals surface area contributed by atoms with Crippen LogP contribution in [-0.4, -0.2) is 120 Å². The normalized spacial score (nSPS) is 11.8. The summed E-state index contributed by atoms with van der Waals surface area (Å²) in [5, 5.41) is 9.23. The number of hydroxylamine groups is 2. The third-order valence-electron chi connectivity index (χ3n) is 1.21. The average Bonchev–Trinajstić information content (AvgIpc) is 1.94. The zero-order valence-electron chi connectivity index (χ0n) is 7.07. The fraction of sp³-hybridized carbons (Fsp3) is 1.00.